The lowest BCUT2D eigenvalue weighted by Gasteiger charge is -2.27. The summed E-state index contributed by atoms with van der Waals surface area (Å²) in [6, 6.07) is 13.0. The van der Waals surface area contributed by atoms with Crippen molar-refractivity contribution in [2.45, 2.75) is 5.92 Å². The van der Waals surface area contributed by atoms with E-state index in [4.69, 9.17) is 39.4 Å². The maximum Gasteiger partial charge on any atom is 0.205 e. The average molecular weight is 404 g/mol. The van der Waals surface area contributed by atoms with Crippen LogP contribution in [0.3, 0.4) is 0 Å². The predicted octanol–water partition coefficient (Wildman–Crippen LogP) is 2.92. The second kappa shape index (κ2) is 7.23. The smallest absolute Gasteiger partial charge is 0.205 e. The zero-order valence-electron chi connectivity index (χ0n) is 15.7. The number of nitriles is 1. The lowest BCUT2D eigenvalue weighted by atomic mass is 9.82. The third-order valence-electron chi connectivity index (χ3n) is 4.87. The van der Waals surface area contributed by atoms with Gasteiger partial charge in [0.05, 0.1) is 25.8 Å². The Labute approximate surface area is 173 Å². The van der Waals surface area contributed by atoms with E-state index >= 15 is 0 Å². The first-order valence-electron chi connectivity index (χ1n) is 8.67. The van der Waals surface area contributed by atoms with Gasteiger partial charge < -0.3 is 19.9 Å². The number of hydrogen-bond donors (Lipinski definition) is 1. The molecule has 1 aromatic heterocycles. The maximum atomic E-state index is 9.78. The van der Waals surface area contributed by atoms with E-state index in [1.54, 1.807) is 12.1 Å². The Morgan fingerprint density at radius 2 is 1.93 bits per heavy atom. The number of aromatic nitrogens is 1. The largest absolute Gasteiger partial charge is 0.493 e. The summed E-state index contributed by atoms with van der Waals surface area (Å²) in [5.41, 5.74) is 7.82. The van der Waals surface area contributed by atoms with Crippen LogP contribution in [0.1, 0.15) is 17.2 Å². The van der Waals surface area contributed by atoms with Crippen LogP contribution in [0, 0.1) is 11.3 Å². The van der Waals surface area contributed by atoms with Crippen LogP contribution in [0.5, 0.6) is 17.2 Å². The SMILES string of the molecule is [B]c1cc(C2C(C#N)=C(N)Oc3c2nc(Cl)c2ccccc32)cc(OC)c1OC. The number of hydrogen-bond acceptors (Lipinski definition) is 6. The highest BCUT2D eigenvalue weighted by molar-refractivity contribution is 6.35. The van der Waals surface area contributed by atoms with Crippen LogP contribution in [0.2, 0.25) is 5.15 Å². The summed E-state index contributed by atoms with van der Waals surface area (Å²) in [5.74, 6) is 0.669. The van der Waals surface area contributed by atoms with Crippen molar-refractivity contribution >= 4 is 35.7 Å². The van der Waals surface area contributed by atoms with Crippen molar-refractivity contribution in [2.75, 3.05) is 14.2 Å². The Morgan fingerprint density at radius 1 is 1.21 bits per heavy atom. The summed E-state index contributed by atoms with van der Waals surface area (Å²) in [4.78, 5) is 4.55. The van der Waals surface area contributed by atoms with E-state index < -0.39 is 5.92 Å². The van der Waals surface area contributed by atoms with E-state index in [2.05, 4.69) is 11.1 Å². The molecule has 8 heteroatoms. The first-order valence-corrected chi connectivity index (χ1v) is 9.05. The van der Waals surface area contributed by atoms with E-state index in [1.807, 2.05) is 24.3 Å². The standard InChI is InChI=1S/C21H15BClN3O3/c1-27-15-8-10(7-14(22)19(15)28-2)16-13(9-24)21(25)29-18-11-5-3-4-6-12(11)20(23)26-17(16)18/h3-8,16H,25H2,1-2H3. The van der Waals surface area contributed by atoms with Crippen molar-refractivity contribution in [2.24, 2.45) is 5.73 Å². The van der Waals surface area contributed by atoms with Crippen molar-refractivity contribution in [3.8, 4) is 23.3 Å². The zero-order valence-corrected chi connectivity index (χ0v) is 16.4. The summed E-state index contributed by atoms with van der Waals surface area (Å²) >= 11 is 6.45. The fourth-order valence-electron chi connectivity index (χ4n) is 3.59. The van der Waals surface area contributed by atoms with E-state index in [9.17, 15) is 5.26 Å². The van der Waals surface area contributed by atoms with Gasteiger partial charge in [0.15, 0.2) is 17.2 Å². The zero-order chi connectivity index (χ0) is 20.7. The molecule has 2 aromatic carbocycles. The second-order valence-electron chi connectivity index (χ2n) is 6.43. The molecule has 2 heterocycles. The predicted molar refractivity (Wildman–Crippen MR) is 111 cm³/mol. The molecule has 0 bridgehead atoms. The first-order chi connectivity index (χ1) is 14.0. The third kappa shape index (κ3) is 2.93. The van der Waals surface area contributed by atoms with Crippen LogP contribution in [-0.4, -0.2) is 27.0 Å². The minimum absolute atomic E-state index is 0.00707. The monoisotopic (exact) mass is 403 g/mol. The summed E-state index contributed by atoms with van der Waals surface area (Å²) in [6.45, 7) is 0. The van der Waals surface area contributed by atoms with E-state index in [1.165, 1.54) is 14.2 Å². The minimum Gasteiger partial charge on any atom is -0.493 e. The molecule has 0 saturated heterocycles. The Hall–Kier alpha value is -3.37. The van der Waals surface area contributed by atoms with Gasteiger partial charge in [-0.15, -0.1) is 0 Å². The van der Waals surface area contributed by atoms with Gasteiger partial charge in [-0.3, -0.25) is 0 Å². The number of nitrogens with zero attached hydrogens (tertiary/aromatic N) is 2. The van der Waals surface area contributed by atoms with Crippen LogP contribution in [0.15, 0.2) is 47.9 Å². The number of allylic oxidation sites excluding steroid dienone is 1. The summed E-state index contributed by atoms with van der Waals surface area (Å²) in [5, 5.41) is 11.6. The van der Waals surface area contributed by atoms with Gasteiger partial charge in [-0.2, -0.15) is 5.26 Å². The molecule has 0 fully saturated rings. The summed E-state index contributed by atoms with van der Waals surface area (Å²) in [7, 11) is 9.18. The van der Waals surface area contributed by atoms with Crippen molar-refractivity contribution in [1.82, 2.24) is 4.98 Å². The van der Waals surface area contributed by atoms with Crippen LogP contribution in [0.25, 0.3) is 10.8 Å². The Kier molecular flexibility index (Phi) is 4.73. The van der Waals surface area contributed by atoms with Gasteiger partial charge in [-0.25, -0.2) is 4.98 Å². The fourth-order valence-corrected chi connectivity index (χ4v) is 3.85. The second-order valence-corrected chi connectivity index (χ2v) is 6.79. The number of pyridine rings is 1. The third-order valence-corrected chi connectivity index (χ3v) is 5.16. The average Bonchev–Trinajstić information content (AvgIpc) is 2.73. The highest BCUT2D eigenvalue weighted by Crippen LogP contribution is 2.46. The molecule has 1 aliphatic rings. The number of ether oxygens (including phenoxy) is 3. The molecule has 0 saturated carbocycles. The molecule has 3 aromatic rings. The Balaban J connectivity index is 2.04. The molecule has 29 heavy (non-hydrogen) atoms. The molecule has 1 aliphatic heterocycles. The molecule has 0 aliphatic carbocycles. The summed E-state index contributed by atoms with van der Waals surface area (Å²) in [6.07, 6.45) is 0. The molecule has 2 radical (unpaired) electrons. The maximum absolute atomic E-state index is 9.78. The van der Waals surface area contributed by atoms with Crippen molar-refractivity contribution < 1.29 is 14.2 Å². The van der Waals surface area contributed by atoms with Crippen molar-refractivity contribution in [3.05, 3.63) is 64.3 Å². The molecule has 4 rings (SSSR count). The number of halogens is 1. The minimum atomic E-state index is -0.632. The topological polar surface area (TPSA) is 90.4 Å². The van der Waals surface area contributed by atoms with E-state index in [-0.39, 0.29) is 11.5 Å². The lowest BCUT2D eigenvalue weighted by Crippen LogP contribution is -2.23. The molecule has 1 atom stereocenters. The number of rotatable bonds is 3. The number of nitrogens with two attached hydrogens (primary N) is 1. The molecule has 0 amide bonds. The highest BCUT2D eigenvalue weighted by Gasteiger charge is 2.34. The fraction of sp³-hybridized carbons (Fsp3) is 0.143. The van der Waals surface area contributed by atoms with Gasteiger partial charge in [0.2, 0.25) is 5.88 Å². The quantitative estimate of drug-likeness (QED) is 0.534. The van der Waals surface area contributed by atoms with Crippen LogP contribution in [-0.2, 0) is 0 Å². The highest BCUT2D eigenvalue weighted by atomic mass is 35.5. The Bertz CT molecular complexity index is 1220. The summed E-state index contributed by atoms with van der Waals surface area (Å²) < 4.78 is 16.5. The number of fused-ring (bicyclic) bond motifs is 3. The van der Waals surface area contributed by atoms with Crippen molar-refractivity contribution in [1.29, 1.82) is 5.26 Å². The molecule has 6 nitrogen and oxygen atoms in total. The first kappa shape index (κ1) is 19.0. The number of methoxy groups -OCH3 is 2. The van der Waals surface area contributed by atoms with Gasteiger partial charge in [0, 0.05) is 10.8 Å². The molecular formula is C21H15BClN3O3. The normalized spacial score (nSPS) is 15.4. The van der Waals surface area contributed by atoms with Gasteiger partial charge in [-0.1, -0.05) is 47.4 Å². The van der Waals surface area contributed by atoms with E-state index in [0.29, 0.717) is 39.1 Å². The van der Waals surface area contributed by atoms with Gasteiger partial charge >= 0.3 is 0 Å². The van der Waals surface area contributed by atoms with Gasteiger partial charge in [0.1, 0.15) is 24.6 Å². The molecule has 0 spiro atoms. The molecule has 2 N–H and O–H groups in total. The van der Waals surface area contributed by atoms with Crippen LogP contribution < -0.4 is 25.4 Å². The van der Waals surface area contributed by atoms with Crippen molar-refractivity contribution in [3.63, 3.8) is 0 Å². The molecular weight excluding hydrogens is 389 g/mol. The number of benzene rings is 2. The van der Waals surface area contributed by atoms with Gasteiger partial charge in [0.25, 0.3) is 0 Å². The van der Waals surface area contributed by atoms with Gasteiger partial charge in [-0.05, 0) is 11.6 Å². The Morgan fingerprint density at radius 3 is 2.59 bits per heavy atom. The molecule has 1 unspecified atom stereocenters. The van der Waals surface area contributed by atoms with E-state index in [0.717, 1.165) is 10.8 Å². The lowest BCUT2D eigenvalue weighted by molar-refractivity contribution is 0.356. The van der Waals surface area contributed by atoms with Crippen LogP contribution in [0.4, 0.5) is 0 Å². The van der Waals surface area contributed by atoms with Crippen LogP contribution >= 0.6 is 11.6 Å². The molecule has 142 valence electrons.